The summed E-state index contributed by atoms with van der Waals surface area (Å²) >= 11 is 0. The average Bonchev–Trinajstić information content (AvgIpc) is 3.16. The van der Waals surface area contributed by atoms with E-state index in [0.717, 1.165) is 25.2 Å². The van der Waals surface area contributed by atoms with Gasteiger partial charge < -0.3 is 0 Å². The Balaban J connectivity index is 1.48. The van der Waals surface area contributed by atoms with Crippen LogP contribution in [0.25, 0.3) is 10.9 Å². The van der Waals surface area contributed by atoms with Gasteiger partial charge in [0.25, 0.3) is 0 Å². The van der Waals surface area contributed by atoms with Crippen molar-refractivity contribution >= 4 is 10.9 Å². The highest BCUT2D eigenvalue weighted by Crippen LogP contribution is 2.28. The van der Waals surface area contributed by atoms with Crippen LogP contribution >= 0.6 is 0 Å². The number of aromatic amines is 1. The molecule has 1 aromatic carbocycles. The third kappa shape index (κ3) is 2.50. The fraction of sp³-hybridized carbons (Fsp3) is 0.333. The second-order valence-corrected chi connectivity index (χ2v) is 6.22. The van der Waals surface area contributed by atoms with Gasteiger partial charge in [0.15, 0.2) is 0 Å². The smallest absolute Gasteiger partial charge is 0.0702 e. The molecule has 1 N–H and O–H groups in total. The van der Waals surface area contributed by atoms with Crippen LogP contribution in [0.2, 0.25) is 0 Å². The molecule has 1 aliphatic heterocycles. The summed E-state index contributed by atoms with van der Waals surface area (Å²) in [6.07, 6.45) is 4.98. The first-order valence-corrected chi connectivity index (χ1v) is 7.85. The molecule has 0 bridgehead atoms. The molecule has 0 aliphatic carbocycles. The zero-order chi connectivity index (χ0) is 14.9. The molecule has 4 rings (SSSR count). The van der Waals surface area contributed by atoms with E-state index in [2.05, 4.69) is 51.3 Å². The molecule has 1 atom stereocenters. The quantitative estimate of drug-likeness (QED) is 0.806. The van der Waals surface area contributed by atoms with E-state index < -0.39 is 0 Å². The van der Waals surface area contributed by atoms with Gasteiger partial charge in [0.05, 0.1) is 11.7 Å². The molecule has 0 amide bonds. The van der Waals surface area contributed by atoms with Crippen LogP contribution in [-0.4, -0.2) is 33.2 Å². The minimum atomic E-state index is 0.588. The third-order valence-corrected chi connectivity index (χ3v) is 4.62. The average molecular weight is 292 g/mol. The first kappa shape index (κ1) is 13.5. The lowest BCUT2D eigenvalue weighted by Crippen LogP contribution is -2.19. The van der Waals surface area contributed by atoms with Gasteiger partial charge >= 0.3 is 0 Å². The van der Waals surface area contributed by atoms with Crippen molar-refractivity contribution in [2.24, 2.45) is 0 Å². The lowest BCUT2D eigenvalue weighted by molar-refractivity contribution is 0.326. The Labute approximate surface area is 130 Å². The Bertz CT molecular complexity index is 792. The van der Waals surface area contributed by atoms with Crippen LogP contribution < -0.4 is 0 Å². The number of fused-ring (bicyclic) bond motifs is 1. The van der Waals surface area contributed by atoms with Crippen LogP contribution in [0.1, 0.15) is 29.2 Å². The number of hydrogen-bond acceptors (Lipinski definition) is 3. The highest BCUT2D eigenvalue weighted by molar-refractivity contribution is 5.78. The van der Waals surface area contributed by atoms with Gasteiger partial charge in [0.2, 0.25) is 0 Å². The molecule has 4 nitrogen and oxygen atoms in total. The third-order valence-electron chi connectivity index (χ3n) is 4.62. The van der Waals surface area contributed by atoms with E-state index in [1.165, 1.54) is 28.6 Å². The van der Waals surface area contributed by atoms with Gasteiger partial charge in [-0.2, -0.15) is 5.10 Å². The summed E-state index contributed by atoms with van der Waals surface area (Å²) in [4.78, 5) is 6.92. The Morgan fingerprint density at radius 2 is 2.27 bits per heavy atom. The number of H-pyrrole nitrogens is 1. The van der Waals surface area contributed by atoms with Crippen molar-refractivity contribution in [1.29, 1.82) is 0 Å². The predicted octanol–water partition coefficient (Wildman–Crippen LogP) is 3.26. The highest BCUT2D eigenvalue weighted by Gasteiger charge is 2.26. The molecule has 1 fully saturated rings. The van der Waals surface area contributed by atoms with Crippen LogP contribution in [0.4, 0.5) is 0 Å². The van der Waals surface area contributed by atoms with E-state index in [9.17, 15) is 0 Å². The van der Waals surface area contributed by atoms with E-state index in [-0.39, 0.29) is 0 Å². The summed E-state index contributed by atoms with van der Waals surface area (Å²) in [6.45, 7) is 5.40. The molecular formula is C18H20N4. The number of rotatable bonds is 3. The summed E-state index contributed by atoms with van der Waals surface area (Å²) in [7, 11) is 0. The molecule has 0 spiro atoms. The Morgan fingerprint density at radius 1 is 1.32 bits per heavy atom. The zero-order valence-corrected chi connectivity index (χ0v) is 12.8. The molecule has 4 heteroatoms. The van der Waals surface area contributed by atoms with Crippen LogP contribution in [-0.2, 0) is 6.54 Å². The van der Waals surface area contributed by atoms with E-state index in [0.29, 0.717) is 5.92 Å². The van der Waals surface area contributed by atoms with Crippen LogP contribution in [0.3, 0.4) is 0 Å². The summed E-state index contributed by atoms with van der Waals surface area (Å²) in [5.74, 6) is 0.588. The molecule has 3 aromatic rings. The van der Waals surface area contributed by atoms with Gasteiger partial charge in [-0.25, -0.2) is 0 Å². The number of nitrogens with one attached hydrogen (secondary N) is 1. The van der Waals surface area contributed by atoms with Crippen molar-refractivity contribution in [1.82, 2.24) is 20.1 Å². The summed E-state index contributed by atoms with van der Waals surface area (Å²) < 4.78 is 0. The second-order valence-electron chi connectivity index (χ2n) is 6.22. The number of aryl methyl sites for hydroxylation is 1. The number of nitrogens with zero attached hydrogens (tertiary/aromatic N) is 3. The normalized spacial score (nSPS) is 19.0. The number of likely N-dealkylation sites (tertiary alicyclic amines) is 1. The zero-order valence-electron chi connectivity index (χ0n) is 12.8. The van der Waals surface area contributed by atoms with Crippen LogP contribution in [0.5, 0.6) is 0 Å². The van der Waals surface area contributed by atoms with E-state index in [1.807, 2.05) is 18.5 Å². The lowest BCUT2D eigenvalue weighted by Gasteiger charge is -2.16. The van der Waals surface area contributed by atoms with Gasteiger partial charge in [-0.1, -0.05) is 12.1 Å². The molecule has 0 saturated carbocycles. The maximum Gasteiger partial charge on any atom is 0.0702 e. The monoisotopic (exact) mass is 292 g/mol. The standard InChI is InChI=1S/C18H20N4/c1-13-10-20-21-18(13)16-6-8-22(12-16)11-14-4-5-17-15(9-14)3-2-7-19-17/h2-5,7,9-10,16H,6,8,11-12H2,1H3,(H,20,21)/t16-/m1/s1. The molecule has 3 heterocycles. The van der Waals surface area contributed by atoms with Gasteiger partial charge in [-0.3, -0.25) is 15.0 Å². The predicted molar refractivity (Wildman–Crippen MR) is 87.7 cm³/mol. The Morgan fingerprint density at radius 3 is 3.14 bits per heavy atom. The largest absolute Gasteiger partial charge is 0.298 e. The number of benzene rings is 1. The first-order valence-electron chi connectivity index (χ1n) is 7.85. The van der Waals surface area contributed by atoms with Crippen molar-refractivity contribution in [3.8, 4) is 0 Å². The SMILES string of the molecule is Cc1cn[nH]c1[C@@H]1CCN(Cc2ccc3ncccc3c2)C1. The van der Waals surface area contributed by atoms with Crippen LogP contribution in [0, 0.1) is 6.92 Å². The summed E-state index contributed by atoms with van der Waals surface area (Å²) in [5.41, 5.74) is 5.02. The summed E-state index contributed by atoms with van der Waals surface area (Å²) in [6, 6.07) is 10.7. The topological polar surface area (TPSA) is 44.8 Å². The fourth-order valence-electron chi connectivity index (χ4n) is 3.46. The fourth-order valence-corrected chi connectivity index (χ4v) is 3.46. The minimum Gasteiger partial charge on any atom is -0.298 e. The Hall–Kier alpha value is -2.20. The highest BCUT2D eigenvalue weighted by atomic mass is 15.2. The van der Waals surface area contributed by atoms with Gasteiger partial charge in [0.1, 0.15) is 0 Å². The Kier molecular flexibility index (Phi) is 3.39. The molecule has 0 unspecified atom stereocenters. The van der Waals surface area contributed by atoms with E-state index in [4.69, 9.17) is 0 Å². The van der Waals surface area contributed by atoms with Crippen molar-refractivity contribution < 1.29 is 0 Å². The van der Waals surface area contributed by atoms with Crippen LogP contribution in [0.15, 0.2) is 42.7 Å². The maximum absolute atomic E-state index is 4.38. The molecule has 2 aromatic heterocycles. The molecule has 22 heavy (non-hydrogen) atoms. The van der Waals surface area contributed by atoms with Crippen molar-refractivity contribution in [2.75, 3.05) is 13.1 Å². The van der Waals surface area contributed by atoms with Gasteiger partial charge in [-0.15, -0.1) is 0 Å². The number of pyridine rings is 1. The molecule has 1 saturated heterocycles. The van der Waals surface area contributed by atoms with Gasteiger partial charge in [-0.05, 0) is 49.2 Å². The maximum atomic E-state index is 4.38. The van der Waals surface area contributed by atoms with Crippen molar-refractivity contribution in [3.05, 3.63) is 59.5 Å². The molecule has 112 valence electrons. The second kappa shape index (κ2) is 5.54. The lowest BCUT2D eigenvalue weighted by atomic mass is 10.0. The van der Waals surface area contributed by atoms with Crippen molar-refractivity contribution in [2.45, 2.75) is 25.8 Å². The molecule has 1 aliphatic rings. The van der Waals surface area contributed by atoms with E-state index >= 15 is 0 Å². The van der Waals surface area contributed by atoms with Gasteiger partial charge in [0, 0.05) is 36.3 Å². The minimum absolute atomic E-state index is 0.588. The molecular weight excluding hydrogens is 272 g/mol. The summed E-state index contributed by atoms with van der Waals surface area (Å²) in [5, 5.41) is 8.55. The van der Waals surface area contributed by atoms with Crippen molar-refractivity contribution in [3.63, 3.8) is 0 Å². The van der Waals surface area contributed by atoms with E-state index in [1.54, 1.807) is 0 Å². The number of hydrogen-bond donors (Lipinski definition) is 1. The molecule has 0 radical (unpaired) electrons. The number of aromatic nitrogens is 3. The first-order chi connectivity index (χ1) is 10.8.